The molecule has 60 heavy (non-hydrogen) atoms. The van der Waals surface area contributed by atoms with E-state index in [0.29, 0.717) is 0 Å². The van der Waals surface area contributed by atoms with Crippen LogP contribution in [-0.2, 0) is 30.8 Å². The molecule has 296 valence electrons. The number of rotatable bonds is 8. The Morgan fingerprint density at radius 3 is 2.25 bits per heavy atom. The van der Waals surface area contributed by atoms with Crippen LogP contribution in [0.2, 0.25) is 0 Å². The first-order valence-electron chi connectivity index (χ1n) is 21.9. The summed E-state index contributed by atoms with van der Waals surface area (Å²) in [6, 6.07) is 46.3. The molecule has 4 heteroatoms. The van der Waals surface area contributed by atoms with Crippen molar-refractivity contribution >= 4 is 69.6 Å². The van der Waals surface area contributed by atoms with Crippen molar-refractivity contribution in [3.8, 4) is 22.5 Å². The van der Waals surface area contributed by atoms with Crippen LogP contribution in [0.25, 0.3) is 80.8 Å². The lowest BCUT2D eigenvalue weighted by atomic mass is 9.56. The summed E-state index contributed by atoms with van der Waals surface area (Å²) in [6.45, 7) is 16.6. The van der Waals surface area contributed by atoms with Gasteiger partial charge in [0.2, 0.25) is 11.4 Å². The van der Waals surface area contributed by atoms with Crippen molar-refractivity contribution < 1.29 is 9.13 Å². The highest BCUT2D eigenvalue weighted by Crippen LogP contribution is 2.56. The molecule has 10 aromatic rings. The second-order valence-electron chi connectivity index (χ2n) is 18.7. The quantitative estimate of drug-likeness (QED) is 0.107. The highest BCUT2D eigenvalue weighted by molar-refractivity contribution is 7.26. The maximum absolute atomic E-state index is 4.75. The predicted octanol–water partition coefficient (Wildman–Crippen LogP) is 13.8. The number of hydrogen-bond donors (Lipinski definition) is 0. The number of pyridine rings is 2. The first-order valence-corrected chi connectivity index (χ1v) is 22.7. The number of para-hydroxylation sites is 1. The number of aromatic nitrogens is 3. The van der Waals surface area contributed by atoms with Gasteiger partial charge in [-0.15, -0.1) is 11.3 Å². The van der Waals surface area contributed by atoms with Crippen LogP contribution in [-0.4, -0.2) is 4.40 Å². The zero-order valence-corrected chi connectivity index (χ0v) is 36.6. The van der Waals surface area contributed by atoms with Gasteiger partial charge in [0, 0.05) is 78.0 Å². The molecule has 2 unspecified atom stereocenters. The summed E-state index contributed by atoms with van der Waals surface area (Å²) in [5.74, 6) is 0. The van der Waals surface area contributed by atoms with Crippen molar-refractivity contribution in [1.29, 1.82) is 0 Å². The first-order chi connectivity index (χ1) is 29.1. The molecule has 0 spiro atoms. The molecule has 0 saturated heterocycles. The van der Waals surface area contributed by atoms with E-state index >= 15 is 0 Å². The zero-order valence-electron chi connectivity index (χ0n) is 35.8. The fourth-order valence-electron chi connectivity index (χ4n) is 11.8. The molecular weight excluding hydrogens is 747 g/mol. The Hall–Kier alpha value is -5.84. The SMILES string of the molecule is C=CC1(CC)[n+]2ccc(CC(C)(C)C)cc2-c2cc3c4cc5c6ccccc6sc5c5c6ccccc6n(c3cc2C1(CC)CCc1ccccc1-c1cccc[n+]1C)c45. The number of aryl methyl sites for hydroxylation is 2. The Labute approximate surface area is 357 Å². The summed E-state index contributed by atoms with van der Waals surface area (Å²) in [6.07, 6.45) is 11.8. The van der Waals surface area contributed by atoms with Crippen LogP contribution in [0.4, 0.5) is 0 Å². The number of nitrogens with zero attached hydrogens (tertiary/aromatic N) is 3. The summed E-state index contributed by atoms with van der Waals surface area (Å²) < 4.78 is 10.2. The molecule has 2 atom stereocenters. The van der Waals surface area contributed by atoms with Crippen LogP contribution in [0, 0.1) is 5.41 Å². The molecule has 0 N–H and O–H groups in total. The Morgan fingerprint density at radius 1 is 0.700 bits per heavy atom. The highest BCUT2D eigenvalue weighted by atomic mass is 32.1. The Bertz CT molecular complexity index is 3360. The standard InChI is InChI=1S/C56H53N3S/c1-8-55(28-26-37-19-11-12-20-38(37)46-23-17-18-29-57(46)7)45-34-49-41(32-44(45)48-31-36(35-54(4,5)6)27-30-58(48)56(55,9-2)10-3)42-33-43-39-21-14-16-25-50(39)60-53(43)51-40-22-13-15-24-47(40)59(49)52(42)51/h9,11-25,27,29-34H,2,8,10,26,28,35H2,1,3-7H3/q+2. The fraction of sp³-hybridized carbons (Fsp3) is 0.250. The molecule has 0 aliphatic carbocycles. The second kappa shape index (κ2) is 13.3. The molecule has 3 nitrogen and oxygen atoms in total. The lowest BCUT2D eigenvalue weighted by Gasteiger charge is -2.49. The second-order valence-corrected chi connectivity index (χ2v) is 19.7. The van der Waals surface area contributed by atoms with Gasteiger partial charge in [0.05, 0.1) is 27.5 Å². The summed E-state index contributed by atoms with van der Waals surface area (Å²) in [7, 11) is 2.16. The minimum atomic E-state index is -0.355. The van der Waals surface area contributed by atoms with E-state index < -0.39 is 0 Å². The zero-order chi connectivity index (χ0) is 41.1. The van der Waals surface area contributed by atoms with Crippen molar-refractivity contribution in [3.63, 3.8) is 0 Å². The number of fused-ring (bicyclic) bond motifs is 13. The van der Waals surface area contributed by atoms with E-state index in [1.807, 2.05) is 11.3 Å². The monoisotopic (exact) mass is 799 g/mol. The molecule has 0 saturated carbocycles. The van der Waals surface area contributed by atoms with Crippen LogP contribution < -0.4 is 9.13 Å². The van der Waals surface area contributed by atoms with E-state index in [4.69, 9.17) is 6.58 Å². The summed E-state index contributed by atoms with van der Waals surface area (Å²) >= 11 is 1.94. The minimum absolute atomic E-state index is 0.166. The molecule has 0 radical (unpaired) electrons. The number of thiophene rings is 1. The summed E-state index contributed by atoms with van der Waals surface area (Å²) in [4.78, 5) is 0. The lowest BCUT2D eigenvalue weighted by molar-refractivity contribution is -0.757. The minimum Gasteiger partial charge on any atom is -0.308 e. The molecule has 5 aromatic carbocycles. The largest absolute Gasteiger partial charge is 0.308 e. The molecule has 0 fully saturated rings. The van der Waals surface area contributed by atoms with Gasteiger partial charge in [-0.1, -0.05) is 95.8 Å². The van der Waals surface area contributed by atoms with E-state index in [1.54, 1.807) is 0 Å². The Morgan fingerprint density at radius 2 is 1.47 bits per heavy atom. The van der Waals surface area contributed by atoms with Crippen molar-refractivity contribution in [3.05, 3.63) is 163 Å². The highest BCUT2D eigenvalue weighted by Gasteiger charge is 2.60. The van der Waals surface area contributed by atoms with E-state index in [-0.39, 0.29) is 16.4 Å². The third-order valence-electron chi connectivity index (χ3n) is 14.4. The van der Waals surface area contributed by atoms with Gasteiger partial charge < -0.3 is 4.40 Å². The third-order valence-corrected chi connectivity index (χ3v) is 15.6. The van der Waals surface area contributed by atoms with E-state index in [1.165, 1.54) is 97.5 Å². The topological polar surface area (TPSA) is 12.2 Å². The van der Waals surface area contributed by atoms with Gasteiger partial charge >= 0.3 is 0 Å². The maximum Gasteiger partial charge on any atom is 0.213 e. The molecule has 1 aliphatic rings. The smallest absolute Gasteiger partial charge is 0.213 e. The van der Waals surface area contributed by atoms with E-state index in [0.717, 1.165) is 32.1 Å². The van der Waals surface area contributed by atoms with Crippen molar-refractivity contribution in [1.82, 2.24) is 4.40 Å². The molecular formula is C56H53N3S+2. The number of allylic oxidation sites excluding steroid dienone is 1. The molecule has 0 amide bonds. The van der Waals surface area contributed by atoms with E-state index in [2.05, 4.69) is 195 Å². The van der Waals surface area contributed by atoms with Crippen LogP contribution >= 0.6 is 11.3 Å². The van der Waals surface area contributed by atoms with Crippen LogP contribution in [0.15, 0.2) is 146 Å². The van der Waals surface area contributed by atoms with Gasteiger partial charge in [0.1, 0.15) is 7.05 Å². The fourth-order valence-corrected chi connectivity index (χ4v) is 13.0. The third kappa shape index (κ3) is 5.07. The van der Waals surface area contributed by atoms with Crippen molar-refractivity contribution in [2.45, 2.75) is 77.7 Å². The number of benzene rings is 5. The maximum atomic E-state index is 4.75. The van der Waals surface area contributed by atoms with Crippen molar-refractivity contribution in [2.24, 2.45) is 12.5 Å². The van der Waals surface area contributed by atoms with Gasteiger partial charge in [0.15, 0.2) is 17.9 Å². The van der Waals surface area contributed by atoms with Gasteiger partial charge in [-0.3, -0.25) is 0 Å². The van der Waals surface area contributed by atoms with Gasteiger partial charge in [-0.25, -0.2) is 4.57 Å². The first kappa shape index (κ1) is 37.2. The molecule has 11 rings (SSSR count). The average Bonchev–Trinajstić information content (AvgIpc) is 3.91. The molecule has 1 aliphatic heterocycles. The summed E-state index contributed by atoms with van der Waals surface area (Å²) in [5, 5.41) is 8.10. The van der Waals surface area contributed by atoms with Crippen LogP contribution in [0.3, 0.4) is 0 Å². The van der Waals surface area contributed by atoms with Crippen LogP contribution in [0.5, 0.6) is 0 Å². The summed E-state index contributed by atoms with van der Waals surface area (Å²) in [5.41, 5.74) is 12.9. The molecule has 6 heterocycles. The predicted molar refractivity (Wildman–Crippen MR) is 255 cm³/mol. The van der Waals surface area contributed by atoms with Crippen molar-refractivity contribution in [2.75, 3.05) is 0 Å². The van der Waals surface area contributed by atoms with Gasteiger partial charge in [-0.05, 0) is 96.3 Å². The molecule has 0 bridgehead atoms. The van der Waals surface area contributed by atoms with Gasteiger partial charge in [-0.2, -0.15) is 4.57 Å². The Kier molecular flexibility index (Phi) is 8.26. The van der Waals surface area contributed by atoms with Crippen LogP contribution in [0.1, 0.15) is 70.6 Å². The average molecular weight is 800 g/mol. The molecule has 5 aromatic heterocycles. The Balaban J connectivity index is 1.24. The van der Waals surface area contributed by atoms with Gasteiger partial charge in [0.25, 0.3) is 0 Å². The normalized spacial score (nSPS) is 18.0. The van der Waals surface area contributed by atoms with E-state index in [9.17, 15) is 0 Å². The number of hydrogen-bond acceptors (Lipinski definition) is 1. The lowest BCUT2D eigenvalue weighted by Crippen LogP contribution is -2.69.